The lowest BCUT2D eigenvalue weighted by Crippen LogP contribution is -2.02. The minimum Gasteiger partial charge on any atom is -0.491 e. The third-order valence-corrected chi connectivity index (χ3v) is 2.53. The number of halogens is 1. The molecule has 0 radical (unpaired) electrons. The Hall–Kier alpha value is -0.890. The third kappa shape index (κ3) is 4.00. The predicted octanol–water partition coefficient (Wildman–Crippen LogP) is 3.74. The van der Waals surface area contributed by atoms with Crippen molar-refractivity contribution in [2.75, 3.05) is 12.3 Å². The van der Waals surface area contributed by atoms with Gasteiger partial charge in [0.1, 0.15) is 5.75 Å². The topological polar surface area (TPSA) is 35.2 Å². The van der Waals surface area contributed by atoms with Gasteiger partial charge in [-0.1, -0.05) is 31.5 Å². The molecule has 2 N–H and O–H groups in total. The minimum absolute atomic E-state index is 0.531. The Bertz CT molecular complexity index is 312. The Kier molecular flexibility index (Phi) is 4.76. The normalized spacial score (nSPS) is 10.7. The summed E-state index contributed by atoms with van der Waals surface area (Å²) in [6.07, 6.45) is 2.21. The zero-order chi connectivity index (χ0) is 11.3. The summed E-state index contributed by atoms with van der Waals surface area (Å²) < 4.78 is 5.56. The summed E-state index contributed by atoms with van der Waals surface area (Å²) >= 11 is 5.87. The van der Waals surface area contributed by atoms with E-state index in [1.54, 1.807) is 6.07 Å². The van der Waals surface area contributed by atoms with Crippen LogP contribution >= 0.6 is 11.6 Å². The van der Waals surface area contributed by atoms with Gasteiger partial charge in [0.2, 0.25) is 0 Å². The van der Waals surface area contributed by atoms with Crippen LogP contribution in [0.2, 0.25) is 5.02 Å². The maximum absolute atomic E-state index is 5.87. The fourth-order valence-corrected chi connectivity index (χ4v) is 1.48. The molecule has 0 spiro atoms. The molecule has 3 heteroatoms. The van der Waals surface area contributed by atoms with Crippen molar-refractivity contribution < 1.29 is 4.74 Å². The lowest BCUT2D eigenvalue weighted by molar-refractivity contribution is 0.299. The maximum Gasteiger partial charge on any atom is 0.143 e. The molecule has 0 saturated heterocycles. The van der Waals surface area contributed by atoms with Gasteiger partial charge < -0.3 is 10.5 Å². The van der Waals surface area contributed by atoms with Crippen molar-refractivity contribution in [2.24, 2.45) is 5.92 Å². The molecule has 0 bridgehead atoms. The van der Waals surface area contributed by atoms with Crippen molar-refractivity contribution in [3.8, 4) is 5.75 Å². The van der Waals surface area contributed by atoms with E-state index in [4.69, 9.17) is 22.1 Å². The van der Waals surface area contributed by atoms with Crippen molar-refractivity contribution >= 4 is 17.3 Å². The van der Waals surface area contributed by atoms with Crippen LogP contribution in [-0.2, 0) is 0 Å². The van der Waals surface area contributed by atoms with Crippen molar-refractivity contribution in [2.45, 2.75) is 26.7 Å². The highest BCUT2D eigenvalue weighted by atomic mass is 35.5. The molecule has 0 amide bonds. The smallest absolute Gasteiger partial charge is 0.143 e. The SMILES string of the molecule is CC(C)CCCOc1cccc(Cl)c1N. The molecule has 0 aromatic heterocycles. The number of hydrogen-bond acceptors (Lipinski definition) is 2. The largest absolute Gasteiger partial charge is 0.491 e. The Morgan fingerprint density at radius 2 is 2.13 bits per heavy atom. The molecule has 1 rings (SSSR count). The first-order valence-corrected chi connectivity index (χ1v) is 5.66. The van der Waals surface area contributed by atoms with Crippen LogP contribution < -0.4 is 10.5 Å². The maximum atomic E-state index is 5.87. The summed E-state index contributed by atoms with van der Waals surface area (Å²) in [5.41, 5.74) is 6.30. The number of benzene rings is 1. The zero-order valence-electron chi connectivity index (χ0n) is 9.29. The van der Waals surface area contributed by atoms with Crippen LogP contribution in [0.5, 0.6) is 5.75 Å². The third-order valence-electron chi connectivity index (χ3n) is 2.20. The summed E-state index contributed by atoms with van der Waals surface area (Å²) in [5.74, 6) is 1.40. The number of nitrogens with two attached hydrogens (primary N) is 1. The highest BCUT2D eigenvalue weighted by Gasteiger charge is 2.03. The Balaban J connectivity index is 2.41. The highest BCUT2D eigenvalue weighted by molar-refractivity contribution is 6.33. The quantitative estimate of drug-likeness (QED) is 0.615. The Labute approximate surface area is 96.4 Å². The standard InChI is InChI=1S/C12H18ClNO/c1-9(2)5-4-8-15-11-7-3-6-10(13)12(11)14/h3,6-7,9H,4-5,8,14H2,1-2H3. The first kappa shape index (κ1) is 12.2. The van der Waals surface area contributed by atoms with E-state index in [9.17, 15) is 0 Å². The first-order chi connectivity index (χ1) is 7.11. The summed E-state index contributed by atoms with van der Waals surface area (Å²) in [4.78, 5) is 0. The van der Waals surface area contributed by atoms with Gasteiger partial charge in [0, 0.05) is 0 Å². The summed E-state index contributed by atoms with van der Waals surface area (Å²) in [5, 5.41) is 0.552. The molecule has 0 saturated carbocycles. The van der Waals surface area contributed by atoms with Crippen LogP contribution in [0, 0.1) is 5.92 Å². The van der Waals surface area contributed by atoms with Crippen molar-refractivity contribution in [1.29, 1.82) is 0 Å². The van der Waals surface area contributed by atoms with Crippen molar-refractivity contribution in [1.82, 2.24) is 0 Å². The molecular formula is C12H18ClNO. The fourth-order valence-electron chi connectivity index (χ4n) is 1.32. The zero-order valence-corrected chi connectivity index (χ0v) is 10.1. The number of ether oxygens (including phenoxy) is 1. The minimum atomic E-state index is 0.531. The Morgan fingerprint density at radius 3 is 2.80 bits per heavy atom. The van der Waals surface area contributed by atoms with Gasteiger partial charge >= 0.3 is 0 Å². The van der Waals surface area contributed by atoms with E-state index in [1.165, 1.54) is 6.42 Å². The van der Waals surface area contributed by atoms with Crippen LogP contribution in [0.25, 0.3) is 0 Å². The molecule has 0 atom stereocenters. The van der Waals surface area contributed by atoms with Gasteiger partial charge in [-0.05, 0) is 30.9 Å². The van der Waals surface area contributed by atoms with Gasteiger partial charge in [-0.3, -0.25) is 0 Å². The molecule has 0 aliphatic carbocycles. The summed E-state index contributed by atoms with van der Waals surface area (Å²) in [6.45, 7) is 5.10. The first-order valence-electron chi connectivity index (χ1n) is 5.28. The van der Waals surface area contributed by atoms with Gasteiger partial charge in [0.15, 0.2) is 0 Å². The molecule has 1 aromatic rings. The molecule has 1 aromatic carbocycles. The monoisotopic (exact) mass is 227 g/mol. The van der Waals surface area contributed by atoms with Crippen molar-refractivity contribution in [3.05, 3.63) is 23.2 Å². The van der Waals surface area contributed by atoms with Crippen LogP contribution in [0.4, 0.5) is 5.69 Å². The predicted molar refractivity (Wildman–Crippen MR) is 65.4 cm³/mol. The fraction of sp³-hybridized carbons (Fsp3) is 0.500. The second-order valence-electron chi connectivity index (χ2n) is 4.04. The van der Waals surface area contributed by atoms with Crippen LogP contribution in [-0.4, -0.2) is 6.61 Å². The number of nitrogen functional groups attached to an aromatic ring is 1. The number of anilines is 1. The van der Waals surface area contributed by atoms with Gasteiger partial charge in [-0.15, -0.1) is 0 Å². The van der Waals surface area contributed by atoms with E-state index < -0.39 is 0 Å². The lowest BCUT2D eigenvalue weighted by atomic mass is 10.1. The van der Waals surface area contributed by atoms with E-state index in [0.717, 1.165) is 6.42 Å². The average Bonchev–Trinajstić information content (AvgIpc) is 2.18. The van der Waals surface area contributed by atoms with E-state index in [1.807, 2.05) is 12.1 Å². The van der Waals surface area contributed by atoms with Crippen molar-refractivity contribution in [3.63, 3.8) is 0 Å². The van der Waals surface area contributed by atoms with Gasteiger partial charge in [-0.25, -0.2) is 0 Å². The number of rotatable bonds is 5. The van der Waals surface area contributed by atoms with Crippen LogP contribution in [0.1, 0.15) is 26.7 Å². The molecule has 15 heavy (non-hydrogen) atoms. The van der Waals surface area contributed by atoms with E-state index in [2.05, 4.69) is 13.8 Å². The van der Waals surface area contributed by atoms with Crippen LogP contribution in [0.3, 0.4) is 0 Å². The number of hydrogen-bond donors (Lipinski definition) is 1. The highest BCUT2D eigenvalue weighted by Crippen LogP contribution is 2.28. The molecule has 84 valence electrons. The summed E-state index contributed by atoms with van der Waals surface area (Å²) in [6, 6.07) is 5.45. The van der Waals surface area contributed by atoms with Gasteiger partial charge in [0.25, 0.3) is 0 Å². The van der Waals surface area contributed by atoms with E-state index in [0.29, 0.717) is 29.0 Å². The second-order valence-corrected chi connectivity index (χ2v) is 4.44. The molecule has 0 aliphatic rings. The molecule has 2 nitrogen and oxygen atoms in total. The Morgan fingerprint density at radius 1 is 1.40 bits per heavy atom. The second kappa shape index (κ2) is 5.86. The molecular weight excluding hydrogens is 210 g/mol. The van der Waals surface area contributed by atoms with Crippen LogP contribution in [0.15, 0.2) is 18.2 Å². The molecule has 0 fully saturated rings. The van der Waals surface area contributed by atoms with Gasteiger partial charge in [-0.2, -0.15) is 0 Å². The lowest BCUT2D eigenvalue weighted by Gasteiger charge is -2.10. The molecule has 0 unspecified atom stereocenters. The van der Waals surface area contributed by atoms with E-state index >= 15 is 0 Å². The van der Waals surface area contributed by atoms with Gasteiger partial charge in [0.05, 0.1) is 17.3 Å². The van der Waals surface area contributed by atoms with E-state index in [-0.39, 0.29) is 0 Å². The molecule has 0 heterocycles. The number of para-hydroxylation sites is 1. The average molecular weight is 228 g/mol. The summed E-state index contributed by atoms with van der Waals surface area (Å²) in [7, 11) is 0. The molecule has 0 aliphatic heterocycles.